The summed E-state index contributed by atoms with van der Waals surface area (Å²) in [6.07, 6.45) is -4.18. The van der Waals surface area contributed by atoms with Gasteiger partial charge in [0, 0.05) is 42.1 Å². The molecule has 27 heavy (non-hydrogen) atoms. The molecule has 0 aromatic heterocycles. The van der Waals surface area contributed by atoms with Crippen LogP contribution in [0.1, 0.15) is 17.0 Å². The van der Waals surface area contributed by atoms with Crippen LogP contribution >= 0.6 is 15.9 Å². The zero-order valence-electron chi connectivity index (χ0n) is 14.5. The Bertz CT molecular complexity index is 777. The van der Waals surface area contributed by atoms with Crippen LogP contribution in [0.25, 0.3) is 0 Å². The molecule has 2 heterocycles. The number of hydrogen-bond acceptors (Lipinski definition) is 2. The van der Waals surface area contributed by atoms with Crippen LogP contribution in [-0.4, -0.2) is 47.7 Å². The third-order valence-corrected chi connectivity index (χ3v) is 6.04. The van der Waals surface area contributed by atoms with E-state index in [4.69, 9.17) is 0 Å². The predicted molar refractivity (Wildman–Crippen MR) is 98.9 cm³/mol. The van der Waals surface area contributed by atoms with Gasteiger partial charge >= 0.3 is 6.18 Å². The molecule has 2 saturated heterocycles. The summed E-state index contributed by atoms with van der Waals surface area (Å²) in [6.45, 7) is 0.538. The summed E-state index contributed by atoms with van der Waals surface area (Å²) in [6, 6.07) is 14.4. The van der Waals surface area contributed by atoms with E-state index in [1.165, 1.54) is 17.0 Å². The van der Waals surface area contributed by atoms with Gasteiger partial charge in [0.2, 0.25) is 0 Å². The van der Waals surface area contributed by atoms with Gasteiger partial charge in [0.15, 0.2) is 0 Å². The molecule has 0 saturated carbocycles. The van der Waals surface area contributed by atoms with Crippen molar-refractivity contribution in [2.45, 2.75) is 30.7 Å². The Morgan fingerprint density at radius 2 is 1.52 bits per heavy atom. The van der Waals surface area contributed by atoms with Crippen LogP contribution in [0.5, 0.6) is 0 Å². The van der Waals surface area contributed by atoms with E-state index in [2.05, 4.69) is 20.8 Å². The maximum atomic E-state index is 13.1. The van der Waals surface area contributed by atoms with Gasteiger partial charge in [0.05, 0.1) is 6.54 Å². The molecule has 0 spiro atoms. The summed E-state index contributed by atoms with van der Waals surface area (Å²) < 4.78 is 52.6. The Labute approximate surface area is 163 Å². The Kier molecular flexibility index (Phi) is 5.03. The second kappa shape index (κ2) is 7.18. The maximum Gasteiger partial charge on any atom is 0.401 e. The van der Waals surface area contributed by atoms with E-state index in [0.717, 1.165) is 15.6 Å². The molecule has 4 rings (SSSR count). The first-order chi connectivity index (χ1) is 12.8. The summed E-state index contributed by atoms with van der Waals surface area (Å²) in [7, 11) is 0. The van der Waals surface area contributed by atoms with Crippen molar-refractivity contribution in [1.82, 2.24) is 9.80 Å². The molecule has 2 aromatic rings. The molecule has 0 amide bonds. The zero-order valence-corrected chi connectivity index (χ0v) is 16.0. The fraction of sp³-hybridized carbons (Fsp3) is 0.400. The zero-order chi connectivity index (χ0) is 19.2. The molecule has 2 aliphatic heterocycles. The lowest BCUT2D eigenvalue weighted by Gasteiger charge is -2.62. The summed E-state index contributed by atoms with van der Waals surface area (Å²) in [5.74, 6) is -0.0605. The minimum Gasteiger partial charge on any atom is -0.292 e. The summed E-state index contributed by atoms with van der Waals surface area (Å²) >= 11 is 3.43. The van der Waals surface area contributed by atoms with Crippen molar-refractivity contribution in [1.29, 1.82) is 0 Å². The average Bonchev–Trinajstić information content (AvgIpc) is 2.61. The molecule has 2 aliphatic rings. The molecule has 144 valence electrons. The van der Waals surface area contributed by atoms with Gasteiger partial charge < -0.3 is 0 Å². The van der Waals surface area contributed by atoms with Crippen LogP contribution < -0.4 is 0 Å². The molecule has 2 fully saturated rings. The molecule has 2 bridgehead atoms. The quantitative estimate of drug-likeness (QED) is 0.627. The van der Waals surface area contributed by atoms with E-state index in [1.54, 1.807) is 12.1 Å². The minimum absolute atomic E-state index is 0.0253. The first-order valence-electron chi connectivity index (χ1n) is 8.85. The first-order valence-corrected chi connectivity index (χ1v) is 9.64. The monoisotopic (exact) mass is 442 g/mol. The number of benzene rings is 2. The van der Waals surface area contributed by atoms with Crippen molar-refractivity contribution >= 4 is 15.9 Å². The maximum absolute atomic E-state index is 13.1. The van der Waals surface area contributed by atoms with Crippen molar-refractivity contribution in [3.63, 3.8) is 0 Å². The van der Waals surface area contributed by atoms with Gasteiger partial charge in [0.1, 0.15) is 5.82 Å². The highest BCUT2D eigenvalue weighted by Crippen LogP contribution is 2.46. The van der Waals surface area contributed by atoms with Gasteiger partial charge in [-0.15, -0.1) is 0 Å². The minimum atomic E-state index is -4.18. The number of likely N-dealkylation sites (tertiary alicyclic amines) is 1. The van der Waals surface area contributed by atoms with Gasteiger partial charge in [0.25, 0.3) is 0 Å². The highest BCUT2D eigenvalue weighted by atomic mass is 79.9. The van der Waals surface area contributed by atoms with Crippen molar-refractivity contribution in [2.75, 3.05) is 19.6 Å². The highest BCUT2D eigenvalue weighted by Gasteiger charge is 2.54. The number of hydrogen-bond donors (Lipinski definition) is 0. The molecule has 0 aliphatic carbocycles. The third-order valence-electron chi connectivity index (χ3n) is 5.51. The van der Waals surface area contributed by atoms with Crippen molar-refractivity contribution in [3.05, 3.63) is 69.9 Å². The molecule has 0 radical (unpaired) electrons. The Balaban J connectivity index is 1.53. The van der Waals surface area contributed by atoms with Gasteiger partial charge in [-0.05, 0) is 35.4 Å². The standard InChI is InChI=1S/C20H19BrF4N2/c21-15-5-3-14(4-6-15)19-17-10-26(12-20(23,24)25)11-18(19)27(17)9-13-1-7-16(22)8-2-13/h1-8,17-19H,9-12H2/t17-,18+,19?. The molecule has 2 aromatic carbocycles. The van der Waals surface area contributed by atoms with Crippen LogP contribution in [0.2, 0.25) is 0 Å². The lowest BCUT2D eigenvalue weighted by molar-refractivity contribution is -0.173. The summed E-state index contributed by atoms with van der Waals surface area (Å²) in [4.78, 5) is 3.76. The number of halogens is 5. The smallest absolute Gasteiger partial charge is 0.292 e. The fourth-order valence-corrected chi connectivity index (χ4v) is 4.67. The number of nitrogens with zero attached hydrogens (tertiary/aromatic N) is 2. The van der Waals surface area contributed by atoms with Gasteiger partial charge in [-0.3, -0.25) is 9.80 Å². The molecule has 3 atom stereocenters. The van der Waals surface area contributed by atoms with E-state index in [0.29, 0.717) is 19.6 Å². The van der Waals surface area contributed by atoms with Gasteiger partial charge in [-0.1, -0.05) is 40.2 Å². The molecule has 1 unspecified atom stereocenters. The first kappa shape index (κ1) is 18.9. The summed E-state index contributed by atoms with van der Waals surface area (Å²) in [5, 5.41) is 0. The second-order valence-corrected chi connectivity index (χ2v) is 8.24. The molecule has 7 heteroatoms. The Hall–Kier alpha value is -1.44. The van der Waals surface area contributed by atoms with Crippen molar-refractivity contribution in [2.24, 2.45) is 0 Å². The highest BCUT2D eigenvalue weighted by molar-refractivity contribution is 9.10. The van der Waals surface area contributed by atoms with E-state index >= 15 is 0 Å². The summed E-state index contributed by atoms with van der Waals surface area (Å²) in [5.41, 5.74) is 2.14. The van der Waals surface area contributed by atoms with E-state index in [-0.39, 0.29) is 23.8 Å². The van der Waals surface area contributed by atoms with E-state index in [1.807, 2.05) is 24.3 Å². The van der Waals surface area contributed by atoms with Crippen LogP contribution in [0.4, 0.5) is 17.6 Å². The molecule has 0 N–H and O–H groups in total. The predicted octanol–water partition coefficient (Wildman–Crippen LogP) is 4.80. The van der Waals surface area contributed by atoms with Crippen molar-refractivity contribution in [3.8, 4) is 0 Å². The molecule has 2 nitrogen and oxygen atoms in total. The second-order valence-electron chi connectivity index (χ2n) is 7.32. The van der Waals surface area contributed by atoms with E-state index < -0.39 is 12.7 Å². The van der Waals surface area contributed by atoms with Crippen molar-refractivity contribution < 1.29 is 17.6 Å². The number of piperidine rings is 1. The van der Waals surface area contributed by atoms with Gasteiger partial charge in [-0.25, -0.2) is 4.39 Å². The SMILES string of the molecule is Fc1ccc(CN2[C@@H]3CN(CC(F)(F)F)C[C@H]2C3c2ccc(Br)cc2)cc1. The van der Waals surface area contributed by atoms with E-state index in [9.17, 15) is 17.6 Å². The van der Waals surface area contributed by atoms with Crippen LogP contribution in [0, 0.1) is 5.82 Å². The van der Waals surface area contributed by atoms with Crippen LogP contribution in [0.15, 0.2) is 53.0 Å². The van der Waals surface area contributed by atoms with Crippen LogP contribution in [0.3, 0.4) is 0 Å². The molecular weight excluding hydrogens is 424 g/mol. The molecular formula is C20H19BrF4N2. The fourth-order valence-electron chi connectivity index (χ4n) is 4.40. The van der Waals surface area contributed by atoms with Gasteiger partial charge in [-0.2, -0.15) is 13.2 Å². The Morgan fingerprint density at radius 1 is 0.926 bits per heavy atom. The number of alkyl halides is 3. The normalized spacial score (nSPS) is 26.0. The average molecular weight is 443 g/mol. The topological polar surface area (TPSA) is 6.48 Å². The lowest BCUT2D eigenvalue weighted by Crippen LogP contribution is -2.73. The number of rotatable bonds is 4. The van der Waals surface area contributed by atoms with Crippen LogP contribution in [-0.2, 0) is 6.54 Å². The lowest BCUT2D eigenvalue weighted by atomic mass is 9.71. The third kappa shape index (κ3) is 4.05. The largest absolute Gasteiger partial charge is 0.401 e. The Morgan fingerprint density at radius 3 is 2.07 bits per heavy atom. The number of fused-ring (bicyclic) bond motifs is 2. The number of piperazine rings is 1.